The van der Waals surface area contributed by atoms with Crippen LogP contribution >= 0.6 is 0 Å². The van der Waals surface area contributed by atoms with Gasteiger partial charge in [-0.25, -0.2) is 9.78 Å². The van der Waals surface area contributed by atoms with E-state index in [1.807, 2.05) is 0 Å². The summed E-state index contributed by atoms with van der Waals surface area (Å²) in [7, 11) is 0. The average Bonchev–Trinajstić information content (AvgIpc) is 2.07. The molecule has 0 saturated carbocycles. The number of amides is 1. The van der Waals surface area contributed by atoms with Crippen molar-refractivity contribution in [3.63, 3.8) is 0 Å². The second-order valence-electron chi connectivity index (χ2n) is 2.55. The Morgan fingerprint density at radius 2 is 2.07 bits per heavy atom. The molecule has 74 valence electrons. The van der Waals surface area contributed by atoms with Crippen LogP contribution in [-0.4, -0.2) is 27.1 Å². The van der Waals surface area contributed by atoms with Crippen molar-refractivity contribution in [3.8, 4) is 5.75 Å². The lowest BCUT2D eigenvalue weighted by atomic mass is 10.3. The average molecular weight is 196 g/mol. The highest BCUT2D eigenvalue weighted by Crippen LogP contribution is 2.20. The fourth-order valence-corrected chi connectivity index (χ4v) is 0.830. The molecular formula is C8H8N2O4. The molecule has 6 nitrogen and oxygen atoms in total. The van der Waals surface area contributed by atoms with Crippen LogP contribution in [0.1, 0.15) is 17.4 Å². The predicted octanol–water partition coefficient (Wildman–Crippen LogP) is 0.444. The van der Waals surface area contributed by atoms with E-state index >= 15 is 0 Å². The fraction of sp³-hybridized carbons (Fsp3) is 0.125. The summed E-state index contributed by atoms with van der Waals surface area (Å²) in [6.45, 7) is 1.23. The number of carbonyl (C=O) groups is 2. The lowest BCUT2D eigenvalue weighted by Crippen LogP contribution is -2.10. The van der Waals surface area contributed by atoms with Crippen LogP contribution in [-0.2, 0) is 4.79 Å². The minimum Gasteiger partial charge on any atom is -0.504 e. The quantitative estimate of drug-likeness (QED) is 0.637. The van der Waals surface area contributed by atoms with Crippen molar-refractivity contribution in [2.75, 3.05) is 5.32 Å². The van der Waals surface area contributed by atoms with E-state index in [9.17, 15) is 14.7 Å². The van der Waals surface area contributed by atoms with Gasteiger partial charge in [-0.2, -0.15) is 0 Å². The number of carboxylic acid groups (broad SMARTS) is 1. The van der Waals surface area contributed by atoms with Gasteiger partial charge >= 0.3 is 5.97 Å². The van der Waals surface area contributed by atoms with Crippen LogP contribution in [0.2, 0.25) is 0 Å². The van der Waals surface area contributed by atoms with Crippen molar-refractivity contribution < 1.29 is 19.8 Å². The topological polar surface area (TPSA) is 99.5 Å². The Bertz CT molecular complexity index is 389. The van der Waals surface area contributed by atoms with E-state index in [2.05, 4.69) is 10.3 Å². The van der Waals surface area contributed by atoms with Crippen LogP contribution < -0.4 is 5.32 Å². The molecule has 1 aromatic heterocycles. The van der Waals surface area contributed by atoms with E-state index in [1.165, 1.54) is 6.92 Å². The zero-order valence-electron chi connectivity index (χ0n) is 7.31. The molecule has 0 bridgehead atoms. The van der Waals surface area contributed by atoms with Crippen molar-refractivity contribution in [2.45, 2.75) is 6.92 Å². The molecule has 0 spiro atoms. The van der Waals surface area contributed by atoms with Crippen LogP contribution in [0.25, 0.3) is 0 Å². The van der Waals surface area contributed by atoms with Gasteiger partial charge in [0.15, 0.2) is 17.3 Å². The lowest BCUT2D eigenvalue weighted by molar-refractivity contribution is -0.114. The van der Waals surface area contributed by atoms with Crippen molar-refractivity contribution in [1.82, 2.24) is 4.98 Å². The van der Waals surface area contributed by atoms with E-state index in [-0.39, 0.29) is 17.3 Å². The van der Waals surface area contributed by atoms with Crippen LogP contribution in [0.3, 0.4) is 0 Å². The summed E-state index contributed by atoms with van der Waals surface area (Å²) in [5, 5.41) is 20.0. The minimum absolute atomic E-state index is 0.155. The Balaban J connectivity index is 3.08. The molecule has 1 amide bonds. The van der Waals surface area contributed by atoms with Crippen molar-refractivity contribution >= 4 is 17.7 Å². The summed E-state index contributed by atoms with van der Waals surface area (Å²) in [5.41, 5.74) is -0.244. The number of pyridine rings is 1. The molecule has 0 aliphatic rings. The number of carbonyl (C=O) groups excluding carboxylic acids is 1. The third kappa shape index (κ3) is 2.19. The predicted molar refractivity (Wildman–Crippen MR) is 47.2 cm³/mol. The first kappa shape index (κ1) is 9.97. The molecule has 0 aliphatic carbocycles. The molecule has 1 heterocycles. The molecule has 1 rings (SSSR count). The van der Waals surface area contributed by atoms with Gasteiger partial charge in [-0.3, -0.25) is 4.79 Å². The standard InChI is InChI=1S/C8H8N2O4/c1-4(11)9-7-6(12)3-2-5(10-7)8(13)14/h2-3,12H,1H3,(H,13,14)(H,9,10,11). The van der Waals surface area contributed by atoms with E-state index in [0.717, 1.165) is 12.1 Å². The number of nitrogens with zero attached hydrogens (tertiary/aromatic N) is 1. The van der Waals surface area contributed by atoms with E-state index in [0.29, 0.717) is 0 Å². The summed E-state index contributed by atoms with van der Waals surface area (Å²) in [6.07, 6.45) is 0. The number of rotatable bonds is 2. The number of aromatic nitrogens is 1. The lowest BCUT2D eigenvalue weighted by Gasteiger charge is -2.04. The highest BCUT2D eigenvalue weighted by Gasteiger charge is 2.10. The Labute approximate surface area is 79.2 Å². The van der Waals surface area contributed by atoms with Gasteiger partial charge in [0.05, 0.1) is 0 Å². The summed E-state index contributed by atoms with van der Waals surface area (Å²) in [4.78, 5) is 24.7. The maximum Gasteiger partial charge on any atom is 0.354 e. The van der Waals surface area contributed by atoms with Crippen molar-refractivity contribution in [1.29, 1.82) is 0 Å². The largest absolute Gasteiger partial charge is 0.504 e. The molecule has 0 atom stereocenters. The van der Waals surface area contributed by atoms with Gasteiger partial charge in [0.2, 0.25) is 5.91 Å². The number of aromatic hydroxyl groups is 1. The number of aromatic carboxylic acids is 1. The molecule has 0 fully saturated rings. The molecule has 1 aromatic rings. The Morgan fingerprint density at radius 3 is 2.57 bits per heavy atom. The van der Waals surface area contributed by atoms with Gasteiger partial charge in [0.25, 0.3) is 0 Å². The summed E-state index contributed by atoms with van der Waals surface area (Å²) < 4.78 is 0. The van der Waals surface area contributed by atoms with Crippen LogP contribution in [0, 0.1) is 0 Å². The monoisotopic (exact) mass is 196 g/mol. The van der Waals surface area contributed by atoms with Gasteiger partial charge in [-0.15, -0.1) is 0 Å². The zero-order chi connectivity index (χ0) is 10.7. The normalized spacial score (nSPS) is 9.50. The second kappa shape index (κ2) is 3.73. The number of anilines is 1. The Kier molecular flexibility index (Phi) is 2.66. The van der Waals surface area contributed by atoms with Gasteiger partial charge in [-0.1, -0.05) is 0 Å². The molecule has 0 saturated heterocycles. The highest BCUT2D eigenvalue weighted by molar-refractivity contribution is 5.91. The van der Waals surface area contributed by atoms with Crippen LogP contribution in [0.15, 0.2) is 12.1 Å². The zero-order valence-corrected chi connectivity index (χ0v) is 7.31. The molecule has 0 unspecified atom stereocenters. The number of carboxylic acids is 1. The van der Waals surface area contributed by atoms with Crippen LogP contribution in [0.4, 0.5) is 5.82 Å². The van der Waals surface area contributed by atoms with E-state index in [1.54, 1.807) is 0 Å². The maximum atomic E-state index is 10.6. The second-order valence-corrected chi connectivity index (χ2v) is 2.55. The first-order valence-electron chi connectivity index (χ1n) is 3.71. The molecule has 3 N–H and O–H groups in total. The summed E-state index contributed by atoms with van der Waals surface area (Å²) >= 11 is 0. The number of hydrogen-bond donors (Lipinski definition) is 3. The molecule has 0 aliphatic heterocycles. The summed E-state index contributed by atoms with van der Waals surface area (Å²) in [5.74, 6) is -2.09. The molecule has 6 heteroatoms. The van der Waals surface area contributed by atoms with Crippen LogP contribution in [0.5, 0.6) is 5.75 Å². The van der Waals surface area contributed by atoms with Gasteiger partial charge in [0.1, 0.15) is 0 Å². The maximum absolute atomic E-state index is 10.6. The van der Waals surface area contributed by atoms with Crippen molar-refractivity contribution in [2.24, 2.45) is 0 Å². The fourth-order valence-electron chi connectivity index (χ4n) is 0.830. The van der Waals surface area contributed by atoms with E-state index in [4.69, 9.17) is 5.11 Å². The molecule has 0 aromatic carbocycles. The van der Waals surface area contributed by atoms with Gasteiger partial charge < -0.3 is 15.5 Å². The SMILES string of the molecule is CC(=O)Nc1nc(C(=O)O)ccc1O. The third-order valence-corrected chi connectivity index (χ3v) is 1.39. The molecule has 14 heavy (non-hydrogen) atoms. The van der Waals surface area contributed by atoms with E-state index < -0.39 is 11.9 Å². The van der Waals surface area contributed by atoms with Crippen molar-refractivity contribution in [3.05, 3.63) is 17.8 Å². The Morgan fingerprint density at radius 1 is 1.43 bits per heavy atom. The Hall–Kier alpha value is -2.11. The first-order chi connectivity index (χ1) is 6.50. The van der Waals surface area contributed by atoms with Gasteiger partial charge in [-0.05, 0) is 12.1 Å². The molecule has 0 radical (unpaired) electrons. The summed E-state index contributed by atoms with van der Waals surface area (Å²) in [6, 6.07) is 2.30. The number of nitrogens with one attached hydrogen (secondary N) is 1. The first-order valence-corrected chi connectivity index (χ1v) is 3.71. The number of hydrogen-bond acceptors (Lipinski definition) is 4. The third-order valence-electron chi connectivity index (χ3n) is 1.39. The molecular weight excluding hydrogens is 188 g/mol. The van der Waals surface area contributed by atoms with Gasteiger partial charge in [0, 0.05) is 6.92 Å². The minimum atomic E-state index is -1.23. The highest BCUT2D eigenvalue weighted by atomic mass is 16.4. The smallest absolute Gasteiger partial charge is 0.354 e.